The van der Waals surface area contributed by atoms with Crippen LogP contribution >= 0.6 is 0 Å². The number of fused-ring (bicyclic) bond motifs is 1. The molecule has 1 aromatic carbocycles. The van der Waals surface area contributed by atoms with Crippen molar-refractivity contribution in [1.29, 1.82) is 0 Å². The fraction of sp³-hybridized carbons (Fsp3) is 0.353. The van der Waals surface area contributed by atoms with Crippen LogP contribution in [0.15, 0.2) is 30.6 Å². The average Bonchev–Trinajstić information content (AvgIpc) is 2.92. The molecule has 3 aromatic rings. The van der Waals surface area contributed by atoms with Crippen molar-refractivity contribution < 1.29 is 4.74 Å². The molecular weight excluding hydrogens is 290 g/mol. The normalized spacial score (nSPS) is 11.8. The third-order valence-electron chi connectivity index (χ3n) is 3.40. The number of aromatic nitrogens is 4. The van der Waals surface area contributed by atoms with E-state index in [9.17, 15) is 0 Å². The van der Waals surface area contributed by atoms with E-state index in [1.54, 1.807) is 6.33 Å². The van der Waals surface area contributed by atoms with Crippen LogP contribution in [0, 0.1) is 5.41 Å². The van der Waals surface area contributed by atoms with Gasteiger partial charge < -0.3 is 15.5 Å². The van der Waals surface area contributed by atoms with E-state index in [0.717, 1.165) is 12.0 Å². The molecule has 0 saturated heterocycles. The van der Waals surface area contributed by atoms with E-state index in [2.05, 4.69) is 65.0 Å². The Morgan fingerprint density at radius 3 is 2.48 bits per heavy atom. The number of nitrogens with two attached hydrogens (primary N) is 1. The zero-order valence-corrected chi connectivity index (χ0v) is 13.6. The molecule has 3 N–H and O–H groups in total. The maximum absolute atomic E-state index is 5.77. The molecule has 120 valence electrons. The highest BCUT2D eigenvalue weighted by Crippen LogP contribution is 2.22. The van der Waals surface area contributed by atoms with Gasteiger partial charge in [0.25, 0.3) is 0 Å². The first-order valence-corrected chi connectivity index (χ1v) is 7.58. The zero-order valence-electron chi connectivity index (χ0n) is 13.6. The van der Waals surface area contributed by atoms with E-state index in [1.807, 2.05) is 0 Å². The highest BCUT2D eigenvalue weighted by Gasteiger charge is 2.12. The van der Waals surface area contributed by atoms with Crippen LogP contribution in [0.3, 0.4) is 0 Å². The van der Waals surface area contributed by atoms with Gasteiger partial charge in [0.05, 0.1) is 6.33 Å². The van der Waals surface area contributed by atoms with Crippen molar-refractivity contribution >= 4 is 17.1 Å². The summed E-state index contributed by atoms with van der Waals surface area (Å²) < 4.78 is 5.77. The summed E-state index contributed by atoms with van der Waals surface area (Å²) in [6, 6.07) is 8.44. The molecule has 0 saturated carbocycles. The molecule has 3 rings (SSSR count). The zero-order chi connectivity index (χ0) is 16.4. The van der Waals surface area contributed by atoms with Gasteiger partial charge in [-0.05, 0) is 23.0 Å². The van der Waals surface area contributed by atoms with E-state index >= 15 is 0 Å². The lowest BCUT2D eigenvalue weighted by Crippen LogP contribution is -2.09. The molecule has 6 nitrogen and oxygen atoms in total. The Kier molecular flexibility index (Phi) is 3.90. The first-order valence-electron chi connectivity index (χ1n) is 7.58. The minimum Gasteiger partial charge on any atom is -0.471 e. The first-order chi connectivity index (χ1) is 10.9. The number of anilines is 1. The van der Waals surface area contributed by atoms with Crippen LogP contribution in [0.25, 0.3) is 11.2 Å². The first kappa shape index (κ1) is 15.3. The minimum atomic E-state index is 0.164. The molecule has 23 heavy (non-hydrogen) atoms. The smallest absolute Gasteiger partial charge is 0.247 e. The number of aromatic amines is 1. The molecule has 0 atom stereocenters. The number of hydrogen-bond donors (Lipinski definition) is 2. The van der Waals surface area contributed by atoms with Gasteiger partial charge >= 0.3 is 0 Å². The number of ether oxygens (including phenoxy) is 1. The van der Waals surface area contributed by atoms with Gasteiger partial charge in [-0.1, -0.05) is 45.0 Å². The fourth-order valence-corrected chi connectivity index (χ4v) is 2.44. The van der Waals surface area contributed by atoms with Crippen molar-refractivity contribution in [3.05, 3.63) is 41.7 Å². The maximum Gasteiger partial charge on any atom is 0.247 e. The topological polar surface area (TPSA) is 89.7 Å². The van der Waals surface area contributed by atoms with Crippen LogP contribution in [0.1, 0.15) is 31.9 Å². The predicted molar refractivity (Wildman–Crippen MR) is 90.0 cm³/mol. The molecule has 0 aliphatic heterocycles. The molecular formula is C17H21N5O. The molecule has 0 aliphatic rings. The summed E-state index contributed by atoms with van der Waals surface area (Å²) in [5.74, 6) is 0.560. The molecule has 0 bridgehead atoms. The van der Waals surface area contributed by atoms with E-state index in [1.165, 1.54) is 5.56 Å². The van der Waals surface area contributed by atoms with Gasteiger partial charge in [0, 0.05) is 0 Å². The number of hydrogen-bond acceptors (Lipinski definition) is 5. The fourth-order valence-electron chi connectivity index (χ4n) is 2.44. The van der Waals surface area contributed by atoms with E-state index in [-0.39, 0.29) is 11.4 Å². The minimum absolute atomic E-state index is 0.164. The van der Waals surface area contributed by atoms with Crippen LogP contribution in [-0.4, -0.2) is 19.9 Å². The van der Waals surface area contributed by atoms with Crippen LogP contribution in [-0.2, 0) is 13.0 Å². The summed E-state index contributed by atoms with van der Waals surface area (Å²) in [7, 11) is 0. The lowest BCUT2D eigenvalue weighted by Gasteiger charge is -2.18. The van der Waals surface area contributed by atoms with Gasteiger partial charge in [0.2, 0.25) is 11.8 Å². The van der Waals surface area contributed by atoms with Crippen LogP contribution in [0.2, 0.25) is 0 Å². The van der Waals surface area contributed by atoms with Crippen LogP contribution in [0.4, 0.5) is 5.95 Å². The molecule has 0 amide bonds. The van der Waals surface area contributed by atoms with Crippen LogP contribution < -0.4 is 10.5 Å². The Bertz CT molecular complexity index is 802. The second-order valence-corrected chi connectivity index (χ2v) is 6.83. The highest BCUT2D eigenvalue weighted by molar-refractivity contribution is 5.76. The van der Waals surface area contributed by atoms with Gasteiger partial charge in [-0.15, -0.1) is 0 Å². The van der Waals surface area contributed by atoms with Gasteiger partial charge in [0.15, 0.2) is 11.2 Å². The largest absolute Gasteiger partial charge is 0.471 e. The predicted octanol–water partition coefficient (Wildman–Crippen LogP) is 3.10. The van der Waals surface area contributed by atoms with Crippen molar-refractivity contribution in [2.75, 3.05) is 5.73 Å². The van der Waals surface area contributed by atoms with Crippen molar-refractivity contribution in [3.63, 3.8) is 0 Å². The quantitative estimate of drug-likeness (QED) is 0.772. The number of imidazole rings is 1. The van der Waals surface area contributed by atoms with Crippen molar-refractivity contribution in [2.24, 2.45) is 5.41 Å². The Morgan fingerprint density at radius 1 is 1.09 bits per heavy atom. The van der Waals surface area contributed by atoms with E-state index < -0.39 is 0 Å². The Hall–Kier alpha value is -2.63. The summed E-state index contributed by atoms with van der Waals surface area (Å²) in [6.07, 6.45) is 2.59. The Labute approximate surface area is 135 Å². The number of rotatable bonds is 4. The third kappa shape index (κ3) is 3.77. The lowest BCUT2D eigenvalue weighted by atomic mass is 9.88. The average molecular weight is 311 g/mol. The highest BCUT2D eigenvalue weighted by atomic mass is 16.5. The van der Waals surface area contributed by atoms with Gasteiger partial charge in [-0.2, -0.15) is 9.97 Å². The van der Waals surface area contributed by atoms with Gasteiger partial charge in [-0.3, -0.25) is 0 Å². The van der Waals surface area contributed by atoms with Gasteiger partial charge in [0.1, 0.15) is 6.61 Å². The molecule has 0 spiro atoms. The Morgan fingerprint density at radius 2 is 1.78 bits per heavy atom. The van der Waals surface area contributed by atoms with Crippen molar-refractivity contribution in [2.45, 2.75) is 33.8 Å². The molecule has 0 fully saturated rings. The van der Waals surface area contributed by atoms with Crippen molar-refractivity contribution in [3.8, 4) is 5.88 Å². The number of benzene rings is 1. The summed E-state index contributed by atoms with van der Waals surface area (Å²) in [5, 5.41) is 0. The third-order valence-corrected chi connectivity index (χ3v) is 3.40. The summed E-state index contributed by atoms with van der Waals surface area (Å²) in [4.78, 5) is 15.3. The lowest BCUT2D eigenvalue weighted by molar-refractivity contribution is 0.297. The van der Waals surface area contributed by atoms with Crippen molar-refractivity contribution in [1.82, 2.24) is 19.9 Å². The molecule has 0 radical (unpaired) electrons. The van der Waals surface area contributed by atoms with E-state index in [4.69, 9.17) is 10.5 Å². The summed E-state index contributed by atoms with van der Waals surface area (Å²) in [5.41, 5.74) is 9.52. The monoisotopic (exact) mass is 311 g/mol. The maximum atomic E-state index is 5.77. The molecule has 0 unspecified atom stereocenters. The molecule has 2 aromatic heterocycles. The van der Waals surface area contributed by atoms with E-state index in [0.29, 0.717) is 23.7 Å². The molecule has 0 aliphatic carbocycles. The standard InChI is InChI=1S/C17H21N5O/c1-17(2,3)8-11-4-6-12(7-5-11)9-23-15-13-14(20-10-19-13)21-16(18)22-15/h4-7,10H,8-9H2,1-3H3,(H3,18,19,20,21,22). The number of nitrogens with one attached hydrogen (secondary N) is 1. The second kappa shape index (κ2) is 5.87. The number of nitrogen functional groups attached to an aromatic ring is 1. The van der Waals surface area contributed by atoms with Gasteiger partial charge in [-0.25, -0.2) is 4.98 Å². The Balaban J connectivity index is 1.71. The second-order valence-electron chi connectivity index (χ2n) is 6.83. The van der Waals surface area contributed by atoms with Crippen LogP contribution in [0.5, 0.6) is 5.88 Å². The number of H-pyrrole nitrogens is 1. The molecule has 2 heterocycles. The summed E-state index contributed by atoms with van der Waals surface area (Å²) >= 11 is 0. The molecule has 6 heteroatoms. The number of nitrogens with zero attached hydrogens (tertiary/aromatic N) is 3. The SMILES string of the molecule is CC(C)(C)Cc1ccc(COc2nc(N)nc3[nH]cnc23)cc1. The summed E-state index contributed by atoms with van der Waals surface area (Å²) in [6.45, 7) is 7.12.